The van der Waals surface area contributed by atoms with Crippen molar-refractivity contribution in [1.82, 2.24) is 19.7 Å². The van der Waals surface area contributed by atoms with E-state index in [-0.39, 0.29) is 16.8 Å². The lowest BCUT2D eigenvalue weighted by Crippen LogP contribution is -2.15. The molecule has 9 nitrogen and oxygen atoms in total. The van der Waals surface area contributed by atoms with Gasteiger partial charge in [-0.25, -0.2) is 27.8 Å². The zero-order chi connectivity index (χ0) is 24.1. The van der Waals surface area contributed by atoms with Crippen molar-refractivity contribution in [3.8, 4) is 5.69 Å². The molecule has 0 radical (unpaired) electrons. The summed E-state index contributed by atoms with van der Waals surface area (Å²) >= 11 is 0. The Hall–Kier alpha value is -4.05. The van der Waals surface area contributed by atoms with Crippen molar-refractivity contribution in [3.63, 3.8) is 0 Å². The fraction of sp³-hybridized carbons (Fsp3) is 0.167. The average Bonchev–Trinajstić information content (AvgIpc) is 3.16. The first kappa shape index (κ1) is 23.1. The van der Waals surface area contributed by atoms with Gasteiger partial charge in [0.1, 0.15) is 0 Å². The van der Waals surface area contributed by atoms with Gasteiger partial charge in [0.05, 0.1) is 16.3 Å². The van der Waals surface area contributed by atoms with Gasteiger partial charge < -0.3 is 5.32 Å². The minimum Gasteiger partial charge on any atom is -0.326 e. The van der Waals surface area contributed by atoms with Crippen LogP contribution in [0.2, 0.25) is 0 Å². The molecule has 0 fully saturated rings. The van der Waals surface area contributed by atoms with Crippen LogP contribution >= 0.6 is 0 Å². The fourth-order valence-electron chi connectivity index (χ4n) is 3.42. The highest BCUT2D eigenvalue weighted by Crippen LogP contribution is 2.17. The number of amides is 1. The number of nitrogens with one attached hydrogen (secondary N) is 2. The minimum absolute atomic E-state index is 0.0113. The standard InChI is InChI=1S/C24H24N6O3S/c1-17-16-18(2)30(28-17)21-9-4-19(5-10-21)6-13-23(31)27-20-7-11-22(12-8-20)34(32,33)29-24-25-14-3-15-26-24/h3-5,7-12,14-16H,6,13H2,1-2H3,(H,27,31)(H,25,26,29). The molecule has 0 aliphatic rings. The third-order valence-corrected chi connectivity index (χ3v) is 6.42. The van der Waals surface area contributed by atoms with Crippen molar-refractivity contribution >= 4 is 27.6 Å². The van der Waals surface area contributed by atoms with E-state index in [2.05, 4.69) is 25.1 Å². The molecule has 1 amide bonds. The van der Waals surface area contributed by atoms with Gasteiger partial charge in [0, 0.05) is 30.2 Å². The molecule has 0 unspecified atom stereocenters. The number of benzene rings is 2. The van der Waals surface area contributed by atoms with Crippen LogP contribution in [0.4, 0.5) is 11.6 Å². The van der Waals surface area contributed by atoms with Gasteiger partial charge in [0.25, 0.3) is 10.0 Å². The summed E-state index contributed by atoms with van der Waals surface area (Å²) in [6.45, 7) is 3.97. The van der Waals surface area contributed by atoms with Gasteiger partial charge in [-0.15, -0.1) is 0 Å². The quantitative estimate of drug-likeness (QED) is 0.401. The Labute approximate surface area is 197 Å². The van der Waals surface area contributed by atoms with Crippen LogP contribution in [0.25, 0.3) is 5.69 Å². The van der Waals surface area contributed by atoms with Crippen LogP contribution in [0.3, 0.4) is 0 Å². The van der Waals surface area contributed by atoms with E-state index in [0.717, 1.165) is 22.6 Å². The summed E-state index contributed by atoms with van der Waals surface area (Å²) in [5.74, 6) is -0.170. The predicted molar refractivity (Wildman–Crippen MR) is 129 cm³/mol. The van der Waals surface area contributed by atoms with E-state index < -0.39 is 10.0 Å². The van der Waals surface area contributed by atoms with Crippen molar-refractivity contribution in [3.05, 3.63) is 90.0 Å². The molecule has 0 aliphatic heterocycles. The number of rotatable bonds is 8. The molecular weight excluding hydrogens is 452 g/mol. The number of anilines is 2. The molecule has 2 aromatic carbocycles. The summed E-state index contributed by atoms with van der Waals surface area (Å²) in [6, 6.07) is 17.5. The van der Waals surface area contributed by atoms with E-state index in [4.69, 9.17) is 0 Å². The second kappa shape index (κ2) is 9.84. The number of hydrogen-bond acceptors (Lipinski definition) is 6. The topological polar surface area (TPSA) is 119 Å². The number of sulfonamides is 1. The Morgan fingerprint density at radius 3 is 2.26 bits per heavy atom. The van der Waals surface area contributed by atoms with Gasteiger partial charge in [-0.2, -0.15) is 5.10 Å². The Kier molecular flexibility index (Phi) is 6.69. The molecule has 0 atom stereocenters. The highest BCUT2D eigenvalue weighted by molar-refractivity contribution is 7.92. The lowest BCUT2D eigenvalue weighted by Gasteiger charge is -2.09. The number of hydrogen-bond donors (Lipinski definition) is 2. The first-order chi connectivity index (χ1) is 16.3. The molecule has 0 saturated heterocycles. The van der Waals surface area contributed by atoms with Crippen LogP contribution in [0.5, 0.6) is 0 Å². The maximum absolute atomic E-state index is 12.4. The van der Waals surface area contributed by atoms with E-state index >= 15 is 0 Å². The average molecular weight is 477 g/mol. The predicted octanol–water partition coefficient (Wildman–Crippen LogP) is 3.65. The summed E-state index contributed by atoms with van der Waals surface area (Å²) in [5.41, 5.74) is 4.55. The molecule has 0 spiro atoms. The number of carbonyl (C=O) groups is 1. The summed E-state index contributed by atoms with van der Waals surface area (Å²) in [7, 11) is -3.82. The second-order valence-electron chi connectivity index (χ2n) is 7.76. The van der Waals surface area contributed by atoms with Crippen molar-refractivity contribution < 1.29 is 13.2 Å². The van der Waals surface area contributed by atoms with Crippen molar-refractivity contribution in [2.24, 2.45) is 0 Å². The van der Waals surface area contributed by atoms with Crippen LogP contribution in [-0.2, 0) is 21.2 Å². The normalized spacial score (nSPS) is 11.2. The fourth-order valence-corrected chi connectivity index (χ4v) is 4.38. The first-order valence-corrected chi connectivity index (χ1v) is 12.1. The van der Waals surface area contributed by atoms with Gasteiger partial charge >= 0.3 is 0 Å². The second-order valence-corrected chi connectivity index (χ2v) is 9.44. The van der Waals surface area contributed by atoms with E-state index in [0.29, 0.717) is 18.5 Å². The Balaban J connectivity index is 1.31. The first-order valence-electron chi connectivity index (χ1n) is 10.6. The van der Waals surface area contributed by atoms with Crippen LogP contribution in [-0.4, -0.2) is 34.1 Å². The highest BCUT2D eigenvalue weighted by Gasteiger charge is 2.15. The lowest BCUT2D eigenvalue weighted by molar-refractivity contribution is -0.116. The van der Waals surface area contributed by atoms with Crippen LogP contribution in [0, 0.1) is 13.8 Å². The van der Waals surface area contributed by atoms with Gasteiger partial charge in [-0.3, -0.25) is 4.79 Å². The zero-order valence-electron chi connectivity index (χ0n) is 18.8. The molecule has 10 heteroatoms. The minimum atomic E-state index is -3.82. The molecule has 0 saturated carbocycles. The van der Waals surface area contributed by atoms with E-state index in [1.807, 2.05) is 48.9 Å². The highest BCUT2D eigenvalue weighted by atomic mass is 32.2. The number of aromatic nitrogens is 4. The molecule has 0 aliphatic carbocycles. The maximum Gasteiger partial charge on any atom is 0.264 e. The van der Waals surface area contributed by atoms with Crippen LogP contribution in [0.1, 0.15) is 23.4 Å². The van der Waals surface area contributed by atoms with Crippen LogP contribution in [0.15, 0.2) is 78.0 Å². The van der Waals surface area contributed by atoms with E-state index in [9.17, 15) is 13.2 Å². The third-order valence-electron chi connectivity index (χ3n) is 5.07. The lowest BCUT2D eigenvalue weighted by atomic mass is 10.1. The summed E-state index contributed by atoms with van der Waals surface area (Å²) < 4.78 is 29.1. The number of nitrogens with zero attached hydrogens (tertiary/aromatic N) is 4. The molecule has 2 N–H and O–H groups in total. The van der Waals surface area contributed by atoms with E-state index in [1.165, 1.54) is 24.5 Å². The largest absolute Gasteiger partial charge is 0.326 e. The Morgan fingerprint density at radius 2 is 1.65 bits per heavy atom. The zero-order valence-corrected chi connectivity index (χ0v) is 19.6. The summed E-state index contributed by atoms with van der Waals surface area (Å²) in [6.07, 6.45) is 3.76. The number of carbonyl (C=O) groups excluding carboxylic acids is 1. The summed E-state index contributed by atoms with van der Waals surface area (Å²) in [4.78, 5) is 20.1. The molecule has 0 bridgehead atoms. The SMILES string of the molecule is Cc1cc(C)n(-c2ccc(CCC(=O)Nc3ccc(S(=O)(=O)Nc4ncccn4)cc3)cc2)n1. The molecular formula is C24H24N6O3S. The smallest absolute Gasteiger partial charge is 0.264 e. The molecule has 34 heavy (non-hydrogen) atoms. The maximum atomic E-state index is 12.4. The summed E-state index contributed by atoms with van der Waals surface area (Å²) in [5, 5.41) is 7.27. The van der Waals surface area contributed by atoms with Crippen LogP contribution < -0.4 is 10.0 Å². The van der Waals surface area contributed by atoms with Gasteiger partial charge in [0.2, 0.25) is 11.9 Å². The molecule has 2 heterocycles. The van der Waals surface area contributed by atoms with Crippen molar-refractivity contribution in [1.29, 1.82) is 0 Å². The number of aryl methyl sites for hydroxylation is 3. The van der Waals surface area contributed by atoms with Crippen molar-refractivity contribution in [2.75, 3.05) is 10.0 Å². The van der Waals surface area contributed by atoms with Crippen molar-refractivity contribution in [2.45, 2.75) is 31.6 Å². The van der Waals surface area contributed by atoms with Gasteiger partial charge in [-0.1, -0.05) is 12.1 Å². The molecule has 4 rings (SSSR count). The molecule has 174 valence electrons. The Bertz CT molecular complexity index is 1380. The monoisotopic (exact) mass is 476 g/mol. The molecule has 2 aromatic heterocycles. The molecule has 4 aromatic rings. The van der Waals surface area contributed by atoms with Gasteiger partial charge in [0.15, 0.2) is 0 Å². The van der Waals surface area contributed by atoms with E-state index in [1.54, 1.807) is 18.2 Å². The van der Waals surface area contributed by atoms with Gasteiger partial charge in [-0.05, 0) is 74.4 Å². The third kappa shape index (κ3) is 5.65. The Morgan fingerprint density at radius 1 is 0.971 bits per heavy atom.